The second-order valence-electron chi connectivity index (χ2n) is 11.6. The molecule has 5 nitrogen and oxygen atoms in total. The maximum Gasteiger partial charge on any atom is 0.338 e. The number of anilines is 1. The fraction of sp³-hybridized carbons (Fsp3) is 0.483. The van der Waals surface area contributed by atoms with Gasteiger partial charge in [0, 0.05) is 19.6 Å². The third-order valence-corrected chi connectivity index (χ3v) is 9.93. The average Bonchev–Trinajstić information content (AvgIpc) is 3.50. The summed E-state index contributed by atoms with van der Waals surface area (Å²) in [4.78, 5) is 12.7. The maximum atomic E-state index is 12.7. The number of halogens is 1. The van der Waals surface area contributed by atoms with Crippen LogP contribution in [0.25, 0.3) is 0 Å². The van der Waals surface area contributed by atoms with E-state index in [0.29, 0.717) is 40.6 Å². The van der Waals surface area contributed by atoms with E-state index in [1.54, 1.807) is 6.07 Å². The smallest absolute Gasteiger partial charge is 0.338 e. The first-order valence-electron chi connectivity index (χ1n) is 13.1. The molecule has 0 saturated heterocycles. The van der Waals surface area contributed by atoms with E-state index in [9.17, 15) is 10.1 Å². The van der Waals surface area contributed by atoms with Crippen molar-refractivity contribution in [3.8, 4) is 6.07 Å². The summed E-state index contributed by atoms with van der Waals surface area (Å²) in [7, 11) is -1.25. The van der Waals surface area contributed by atoms with Gasteiger partial charge in [-0.15, -0.1) is 0 Å². The zero-order chi connectivity index (χ0) is 25.4. The molecule has 1 fully saturated rings. The SMILES string of the molecule is C[Si](C)(C)CCOC(=O)c1ccc2c(c1)CC[C@H]1C2=NN(c2ccc(C#N)c(Cl)c2)[C@H]1C1CCCC1. The van der Waals surface area contributed by atoms with Gasteiger partial charge in [-0.1, -0.05) is 50.1 Å². The first-order valence-corrected chi connectivity index (χ1v) is 17.2. The molecule has 2 aliphatic carbocycles. The molecule has 1 aliphatic heterocycles. The Kier molecular flexibility index (Phi) is 6.98. The number of hydrazone groups is 1. The third-order valence-electron chi connectivity index (χ3n) is 7.91. The molecule has 0 amide bonds. The summed E-state index contributed by atoms with van der Waals surface area (Å²) in [5, 5.41) is 17.2. The number of hydrogen-bond acceptors (Lipinski definition) is 5. The van der Waals surface area contributed by atoms with Gasteiger partial charge in [-0.2, -0.15) is 10.4 Å². The van der Waals surface area contributed by atoms with Crippen molar-refractivity contribution >= 4 is 37.0 Å². The summed E-state index contributed by atoms with van der Waals surface area (Å²) < 4.78 is 5.59. The van der Waals surface area contributed by atoms with Gasteiger partial charge >= 0.3 is 5.97 Å². The normalized spacial score (nSPS) is 21.5. The number of fused-ring (bicyclic) bond motifs is 3. The number of benzene rings is 2. The van der Waals surface area contributed by atoms with Gasteiger partial charge in [-0.25, -0.2) is 4.79 Å². The van der Waals surface area contributed by atoms with E-state index in [-0.39, 0.29) is 5.97 Å². The average molecular weight is 520 g/mol. The Labute approximate surface area is 220 Å². The molecular weight excluding hydrogens is 486 g/mol. The molecule has 36 heavy (non-hydrogen) atoms. The fourth-order valence-electron chi connectivity index (χ4n) is 5.97. The van der Waals surface area contributed by atoms with Gasteiger partial charge < -0.3 is 4.74 Å². The lowest BCUT2D eigenvalue weighted by atomic mass is 9.75. The van der Waals surface area contributed by atoms with E-state index in [2.05, 4.69) is 36.8 Å². The fourth-order valence-corrected chi connectivity index (χ4v) is 6.90. The van der Waals surface area contributed by atoms with Crippen LogP contribution in [-0.2, 0) is 11.2 Å². The Morgan fingerprint density at radius 1 is 1.17 bits per heavy atom. The van der Waals surface area contributed by atoms with Crippen LogP contribution in [0.2, 0.25) is 30.7 Å². The Hall–Kier alpha value is -2.62. The van der Waals surface area contributed by atoms with Crippen LogP contribution in [0.3, 0.4) is 0 Å². The standard InChI is InChI=1S/C29H34ClN3O2Si/c1-36(2,3)15-14-35-29(34)21-10-12-24-20(16-21)9-13-25-27(24)32-33(28(25)19-6-4-5-7-19)23-11-8-22(18-31)26(30)17-23/h8,10-12,16-17,19,25,28H,4-7,9,13-15H2,1-3H3/t25-,28-/m0/s1. The molecule has 1 saturated carbocycles. The highest BCUT2D eigenvalue weighted by molar-refractivity contribution is 6.76. The number of nitrogens with zero attached hydrogens (tertiary/aromatic N) is 3. The van der Waals surface area contributed by atoms with Crippen molar-refractivity contribution in [3.05, 3.63) is 63.7 Å². The molecule has 0 bridgehead atoms. The molecule has 0 aromatic heterocycles. The van der Waals surface area contributed by atoms with E-state index >= 15 is 0 Å². The molecule has 188 valence electrons. The minimum absolute atomic E-state index is 0.232. The summed E-state index contributed by atoms with van der Waals surface area (Å²) in [5.41, 5.74) is 5.50. The molecule has 3 aliphatic rings. The van der Waals surface area contributed by atoms with Crippen molar-refractivity contribution in [3.63, 3.8) is 0 Å². The lowest BCUT2D eigenvalue weighted by molar-refractivity contribution is 0.0525. The predicted octanol–water partition coefficient (Wildman–Crippen LogP) is 7.05. The van der Waals surface area contributed by atoms with Gasteiger partial charge in [0.25, 0.3) is 0 Å². The number of aryl methyl sites for hydroxylation is 1. The summed E-state index contributed by atoms with van der Waals surface area (Å²) >= 11 is 6.42. The molecule has 2 aromatic carbocycles. The van der Waals surface area contributed by atoms with Crippen LogP contribution in [0.4, 0.5) is 5.69 Å². The van der Waals surface area contributed by atoms with Gasteiger partial charge in [-0.05, 0) is 73.5 Å². The zero-order valence-corrected chi connectivity index (χ0v) is 23.1. The van der Waals surface area contributed by atoms with Crippen LogP contribution in [0, 0.1) is 23.2 Å². The molecule has 5 rings (SSSR count). The highest BCUT2D eigenvalue weighted by Gasteiger charge is 2.45. The summed E-state index contributed by atoms with van der Waals surface area (Å²) in [5.74, 6) is 0.710. The highest BCUT2D eigenvalue weighted by Crippen LogP contribution is 2.45. The number of carbonyl (C=O) groups is 1. The zero-order valence-electron chi connectivity index (χ0n) is 21.4. The number of hydrogen-bond donors (Lipinski definition) is 0. The van der Waals surface area contributed by atoms with E-state index in [1.807, 2.05) is 24.3 Å². The largest absolute Gasteiger partial charge is 0.462 e. The van der Waals surface area contributed by atoms with Crippen LogP contribution in [0.15, 0.2) is 41.5 Å². The van der Waals surface area contributed by atoms with Gasteiger partial charge in [-0.3, -0.25) is 5.01 Å². The Morgan fingerprint density at radius 2 is 1.94 bits per heavy atom. The summed E-state index contributed by atoms with van der Waals surface area (Å²) in [6.07, 6.45) is 6.93. The first-order chi connectivity index (χ1) is 17.2. The highest BCUT2D eigenvalue weighted by atomic mass is 35.5. The van der Waals surface area contributed by atoms with Crippen LogP contribution >= 0.6 is 11.6 Å². The van der Waals surface area contributed by atoms with E-state index in [1.165, 1.54) is 31.2 Å². The van der Waals surface area contributed by atoms with Gasteiger partial charge in [0.15, 0.2) is 0 Å². The topological polar surface area (TPSA) is 65.7 Å². The molecule has 0 spiro atoms. The van der Waals surface area contributed by atoms with E-state index in [0.717, 1.165) is 35.8 Å². The number of carbonyl (C=O) groups excluding carboxylic acids is 1. The van der Waals surface area contributed by atoms with Crippen molar-refractivity contribution in [1.82, 2.24) is 0 Å². The van der Waals surface area contributed by atoms with Gasteiger partial charge in [0.2, 0.25) is 0 Å². The van der Waals surface area contributed by atoms with E-state index < -0.39 is 8.07 Å². The van der Waals surface area contributed by atoms with Crippen LogP contribution in [0.1, 0.15) is 59.2 Å². The lowest BCUT2D eigenvalue weighted by Crippen LogP contribution is -2.40. The summed E-state index contributed by atoms with van der Waals surface area (Å²) in [6, 6.07) is 15.0. The third kappa shape index (κ3) is 4.96. The molecule has 0 N–H and O–H groups in total. The van der Waals surface area contributed by atoms with Crippen molar-refractivity contribution in [2.24, 2.45) is 16.9 Å². The Balaban J connectivity index is 1.44. The molecule has 2 aromatic rings. The van der Waals surface area contributed by atoms with Gasteiger partial charge in [0.1, 0.15) is 6.07 Å². The maximum absolute atomic E-state index is 12.7. The second-order valence-corrected chi connectivity index (χ2v) is 17.6. The molecule has 0 radical (unpaired) electrons. The molecular formula is C29H34ClN3O2Si. The van der Waals surface area contributed by atoms with Crippen LogP contribution in [-0.4, -0.2) is 32.4 Å². The minimum atomic E-state index is -1.25. The lowest BCUT2D eigenvalue weighted by Gasteiger charge is -2.34. The van der Waals surface area contributed by atoms with Crippen molar-refractivity contribution in [2.75, 3.05) is 11.6 Å². The first kappa shape index (κ1) is 25.0. The Morgan fingerprint density at radius 3 is 2.64 bits per heavy atom. The second kappa shape index (κ2) is 10.0. The number of esters is 1. The molecule has 7 heteroatoms. The Bertz CT molecular complexity index is 1240. The van der Waals surface area contributed by atoms with E-state index in [4.69, 9.17) is 21.4 Å². The van der Waals surface area contributed by atoms with Crippen LogP contribution < -0.4 is 5.01 Å². The molecule has 2 atom stereocenters. The quantitative estimate of drug-likeness (QED) is 0.303. The van der Waals surface area contributed by atoms with Crippen molar-refractivity contribution in [1.29, 1.82) is 5.26 Å². The van der Waals surface area contributed by atoms with Crippen molar-refractivity contribution in [2.45, 2.75) is 70.3 Å². The number of ether oxygens (including phenoxy) is 1. The van der Waals surface area contributed by atoms with Crippen molar-refractivity contribution < 1.29 is 9.53 Å². The minimum Gasteiger partial charge on any atom is -0.462 e. The number of rotatable bonds is 6. The monoisotopic (exact) mass is 519 g/mol. The van der Waals surface area contributed by atoms with Gasteiger partial charge in [0.05, 0.1) is 40.2 Å². The predicted molar refractivity (Wildman–Crippen MR) is 148 cm³/mol. The summed E-state index contributed by atoms with van der Waals surface area (Å²) in [6.45, 7) is 7.34. The number of nitriles is 1. The van der Waals surface area contributed by atoms with Crippen LogP contribution in [0.5, 0.6) is 0 Å². The molecule has 0 unspecified atom stereocenters. The molecule has 1 heterocycles.